The smallest absolute Gasteiger partial charge is 0.262 e. The van der Waals surface area contributed by atoms with Gasteiger partial charge in [0.25, 0.3) is 5.56 Å². The summed E-state index contributed by atoms with van der Waals surface area (Å²) in [5, 5.41) is 1.04. The van der Waals surface area contributed by atoms with E-state index in [1.165, 1.54) is 16.7 Å². The van der Waals surface area contributed by atoms with Crippen LogP contribution in [-0.2, 0) is 19.6 Å². The highest BCUT2D eigenvalue weighted by atomic mass is 16.5. The van der Waals surface area contributed by atoms with Crippen molar-refractivity contribution in [3.63, 3.8) is 0 Å². The number of hydrogen-bond donors (Lipinski definition) is 0. The van der Waals surface area contributed by atoms with Crippen LogP contribution in [0.25, 0.3) is 22.0 Å². The van der Waals surface area contributed by atoms with Crippen LogP contribution in [0.4, 0.5) is 0 Å². The number of ether oxygens (including phenoxy) is 1. The number of benzene rings is 3. The highest BCUT2D eigenvalue weighted by molar-refractivity contribution is 5.95. The molecule has 1 aliphatic heterocycles. The third-order valence-electron chi connectivity index (χ3n) is 5.93. The first-order chi connectivity index (χ1) is 14.6. The summed E-state index contributed by atoms with van der Waals surface area (Å²) in [4.78, 5) is 13.6. The van der Waals surface area contributed by atoms with Crippen molar-refractivity contribution in [1.29, 1.82) is 0 Å². The predicted octanol–water partition coefficient (Wildman–Crippen LogP) is 5.81. The number of pyridine rings is 1. The van der Waals surface area contributed by atoms with E-state index < -0.39 is 0 Å². The van der Waals surface area contributed by atoms with E-state index in [0.29, 0.717) is 17.9 Å². The third-order valence-corrected chi connectivity index (χ3v) is 5.93. The Morgan fingerprint density at radius 1 is 0.933 bits per heavy atom. The molecule has 150 valence electrons. The first-order valence-electron chi connectivity index (χ1n) is 10.6. The normalized spacial score (nSPS) is 12.9. The molecule has 2 heterocycles. The van der Waals surface area contributed by atoms with Gasteiger partial charge in [-0.15, -0.1) is 0 Å². The maximum atomic E-state index is 13.6. The molecule has 30 heavy (non-hydrogen) atoms. The van der Waals surface area contributed by atoms with Gasteiger partial charge in [-0.25, -0.2) is 0 Å². The van der Waals surface area contributed by atoms with E-state index in [1.54, 1.807) is 0 Å². The SMILES string of the molecule is Cc1ccc(COc2c(-c3ccccc3)c(=O)n3c4c(cc(C)cc24)CCC3)cc1. The van der Waals surface area contributed by atoms with Crippen molar-refractivity contribution in [1.82, 2.24) is 4.57 Å². The zero-order valence-electron chi connectivity index (χ0n) is 17.4. The molecule has 3 nitrogen and oxygen atoms in total. The number of aromatic nitrogens is 1. The van der Waals surface area contributed by atoms with Gasteiger partial charge in [0.15, 0.2) is 0 Å². The van der Waals surface area contributed by atoms with Crippen molar-refractivity contribution in [2.24, 2.45) is 0 Å². The molecule has 3 aromatic carbocycles. The summed E-state index contributed by atoms with van der Waals surface area (Å²) in [6.07, 6.45) is 1.99. The summed E-state index contributed by atoms with van der Waals surface area (Å²) in [5.41, 5.74) is 7.40. The van der Waals surface area contributed by atoms with Gasteiger partial charge in [0, 0.05) is 11.9 Å². The molecule has 4 aromatic rings. The third kappa shape index (κ3) is 3.21. The molecular weight excluding hydrogens is 370 g/mol. The van der Waals surface area contributed by atoms with E-state index in [0.717, 1.165) is 41.4 Å². The molecule has 3 heteroatoms. The van der Waals surface area contributed by atoms with Crippen LogP contribution in [0, 0.1) is 13.8 Å². The van der Waals surface area contributed by atoms with Crippen LogP contribution in [-0.4, -0.2) is 4.57 Å². The zero-order valence-corrected chi connectivity index (χ0v) is 17.4. The minimum atomic E-state index is 0.0393. The van der Waals surface area contributed by atoms with Crippen LogP contribution in [0.3, 0.4) is 0 Å². The van der Waals surface area contributed by atoms with E-state index >= 15 is 0 Å². The molecule has 0 spiro atoms. The summed E-state index contributed by atoms with van der Waals surface area (Å²) >= 11 is 0. The Labute approximate surface area is 176 Å². The maximum absolute atomic E-state index is 13.6. The molecule has 0 fully saturated rings. The van der Waals surface area contributed by atoms with E-state index in [-0.39, 0.29) is 5.56 Å². The van der Waals surface area contributed by atoms with E-state index in [2.05, 4.69) is 50.2 Å². The number of rotatable bonds is 4. The first kappa shape index (κ1) is 18.7. The molecule has 1 aromatic heterocycles. The lowest BCUT2D eigenvalue weighted by Crippen LogP contribution is -2.27. The molecule has 0 radical (unpaired) electrons. The van der Waals surface area contributed by atoms with Gasteiger partial charge in [0.2, 0.25) is 0 Å². The molecule has 0 bridgehead atoms. The number of hydrogen-bond acceptors (Lipinski definition) is 2. The summed E-state index contributed by atoms with van der Waals surface area (Å²) in [6.45, 7) is 5.38. The van der Waals surface area contributed by atoms with Crippen molar-refractivity contribution < 1.29 is 4.74 Å². The van der Waals surface area contributed by atoms with Gasteiger partial charge in [-0.1, -0.05) is 66.2 Å². The van der Waals surface area contributed by atoms with Crippen LogP contribution in [0.15, 0.2) is 71.5 Å². The lowest BCUT2D eigenvalue weighted by molar-refractivity contribution is 0.310. The fourth-order valence-corrected chi connectivity index (χ4v) is 4.49. The lowest BCUT2D eigenvalue weighted by atomic mass is 9.95. The van der Waals surface area contributed by atoms with Gasteiger partial charge < -0.3 is 9.30 Å². The van der Waals surface area contributed by atoms with Crippen molar-refractivity contribution in [3.05, 3.63) is 99.3 Å². The number of aryl methyl sites for hydroxylation is 4. The van der Waals surface area contributed by atoms with E-state index in [4.69, 9.17) is 4.74 Å². The fourth-order valence-electron chi connectivity index (χ4n) is 4.49. The molecule has 0 amide bonds. The minimum Gasteiger partial charge on any atom is -0.487 e. The standard InChI is InChI=1S/C27H25NO2/c1-18-10-12-20(13-11-18)17-30-26-23-16-19(2)15-22-9-6-14-28(25(22)23)27(29)24(26)21-7-4-3-5-8-21/h3-5,7-8,10-13,15-16H,6,9,14,17H2,1-2H3. The summed E-state index contributed by atoms with van der Waals surface area (Å²) < 4.78 is 8.38. The van der Waals surface area contributed by atoms with Gasteiger partial charge in [0.1, 0.15) is 12.4 Å². The van der Waals surface area contributed by atoms with Crippen molar-refractivity contribution >= 4 is 10.9 Å². The lowest BCUT2D eigenvalue weighted by Gasteiger charge is -2.24. The second-order valence-electron chi connectivity index (χ2n) is 8.22. The van der Waals surface area contributed by atoms with E-state index in [1.807, 2.05) is 34.9 Å². The molecule has 0 saturated heterocycles. The highest BCUT2D eigenvalue weighted by Crippen LogP contribution is 2.38. The predicted molar refractivity (Wildman–Crippen MR) is 122 cm³/mol. The van der Waals surface area contributed by atoms with E-state index in [9.17, 15) is 4.79 Å². The monoisotopic (exact) mass is 395 g/mol. The largest absolute Gasteiger partial charge is 0.487 e. The Balaban J connectivity index is 1.76. The van der Waals surface area contributed by atoms with Crippen LogP contribution in [0.1, 0.15) is 28.7 Å². The first-order valence-corrected chi connectivity index (χ1v) is 10.6. The highest BCUT2D eigenvalue weighted by Gasteiger charge is 2.23. The Morgan fingerprint density at radius 3 is 2.47 bits per heavy atom. The topological polar surface area (TPSA) is 31.2 Å². The maximum Gasteiger partial charge on any atom is 0.262 e. The second-order valence-corrected chi connectivity index (χ2v) is 8.22. The Bertz CT molecular complexity index is 1280. The average Bonchev–Trinajstić information content (AvgIpc) is 2.76. The van der Waals surface area contributed by atoms with Gasteiger partial charge >= 0.3 is 0 Å². The molecule has 0 saturated carbocycles. The Kier molecular flexibility index (Phi) is 4.66. The Hall–Kier alpha value is -3.33. The quantitative estimate of drug-likeness (QED) is 0.437. The molecular formula is C27H25NO2. The van der Waals surface area contributed by atoms with Gasteiger partial charge in [-0.05, 0) is 55.0 Å². The summed E-state index contributed by atoms with van der Waals surface area (Å²) in [6, 6.07) is 22.6. The molecule has 0 aliphatic carbocycles. The summed E-state index contributed by atoms with van der Waals surface area (Å²) in [7, 11) is 0. The molecule has 1 aliphatic rings. The summed E-state index contributed by atoms with van der Waals surface area (Å²) in [5.74, 6) is 0.699. The van der Waals surface area contributed by atoms with Crippen molar-refractivity contribution in [2.75, 3.05) is 0 Å². The molecule has 0 unspecified atom stereocenters. The minimum absolute atomic E-state index is 0.0393. The van der Waals surface area contributed by atoms with Crippen LogP contribution in [0.2, 0.25) is 0 Å². The van der Waals surface area contributed by atoms with Gasteiger partial charge in [0.05, 0.1) is 11.1 Å². The average molecular weight is 396 g/mol. The molecule has 0 atom stereocenters. The van der Waals surface area contributed by atoms with Gasteiger partial charge in [-0.3, -0.25) is 4.79 Å². The van der Waals surface area contributed by atoms with Crippen molar-refractivity contribution in [2.45, 2.75) is 39.8 Å². The number of nitrogens with zero attached hydrogens (tertiary/aromatic N) is 1. The molecule has 0 N–H and O–H groups in total. The molecule has 5 rings (SSSR count). The second kappa shape index (κ2) is 7.49. The Morgan fingerprint density at radius 2 is 1.70 bits per heavy atom. The van der Waals surface area contributed by atoms with Gasteiger partial charge in [-0.2, -0.15) is 0 Å². The van der Waals surface area contributed by atoms with Crippen LogP contribution >= 0.6 is 0 Å². The zero-order chi connectivity index (χ0) is 20.7. The van der Waals surface area contributed by atoms with Crippen LogP contribution < -0.4 is 10.3 Å². The fraction of sp³-hybridized carbons (Fsp3) is 0.222. The van der Waals surface area contributed by atoms with Crippen molar-refractivity contribution in [3.8, 4) is 16.9 Å². The van der Waals surface area contributed by atoms with Crippen LogP contribution in [0.5, 0.6) is 5.75 Å².